The lowest BCUT2D eigenvalue weighted by Gasteiger charge is -2.40. The number of phosphoric acid groups is 1. The first-order chi connectivity index (χ1) is 33.3. The van der Waals surface area contributed by atoms with Gasteiger partial charge in [-0.1, -0.05) is 59.7 Å². The lowest BCUT2D eigenvalue weighted by atomic mass is 10.1. The molecule has 10 atom stereocenters. The number of anilines is 1. The van der Waals surface area contributed by atoms with Gasteiger partial charge in [-0.2, -0.15) is 5.26 Å². The van der Waals surface area contributed by atoms with E-state index in [0.717, 1.165) is 17.1 Å². The smallest absolute Gasteiger partial charge is 0.408 e. The molecule has 5 aromatic rings. The molecule has 1 aromatic carbocycles. The number of nitrogens with zero attached hydrogens (tertiary/aromatic N) is 7. The Hall–Kier alpha value is -4.43. The van der Waals surface area contributed by atoms with Gasteiger partial charge in [0.1, 0.15) is 48.3 Å². The Morgan fingerprint density at radius 3 is 2.21 bits per heavy atom. The van der Waals surface area contributed by atoms with E-state index < -0.39 is 134 Å². The second-order valence-electron chi connectivity index (χ2n) is 20.1. The van der Waals surface area contributed by atoms with Crippen molar-refractivity contribution < 1.29 is 64.7 Å². The van der Waals surface area contributed by atoms with Crippen molar-refractivity contribution in [3.05, 3.63) is 77.2 Å². The van der Waals surface area contributed by atoms with Crippen LogP contribution in [-0.2, 0) is 45.6 Å². The van der Waals surface area contributed by atoms with Crippen LogP contribution in [0.25, 0.3) is 22.2 Å². The van der Waals surface area contributed by atoms with E-state index in [1.807, 2.05) is 73.8 Å². The summed E-state index contributed by atoms with van der Waals surface area (Å²) in [6.07, 6.45) is -6.32. The summed E-state index contributed by atoms with van der Waals surface area (Å²) in [4.78, 5) is 56.2. The Bertz CT molecular complexity index is 2890. The minimum Gasteiger partial charge on any atom is -0.408 e. The van der Waals surface area contributed by atoms with Gasteiger partial charge in [0.15, 0.2) is 57.5 Å². The van der Waals surface area contributed by atoms with Gasteiger partial charge in [0.25, 0.3) is 11.5 Å². The Kier molecular flexibility index (Phi) is 16.2. The Morgan fingerprint density at radius 2 is 1.58 bits per heavy atom. The second-order valence-corrected chi connectivity index (χ2v) is 32.0. The van der Waals surface area contributed by atoms with Gasteiger partial charge in [-0.05, 0) is 48.4 Å². The highest BCUT2D eigenvalue weighted by Crippen LogP contribution is 2.56. The van der Waals surface area contributed by atoms with Crippen LogP contribution in [0.2, 0.25) is 36.3 Å². The molecule has 4 N–H and O–H groups in total. The van der Waals surface area contributed by atoms with E-state index in [1.165, 1.54) is 17.2 Å². The highest BCUT2D eigenvalue weighted by Gasteiger charge is 2.56. The molecular weight excluding hydrogens is 1000 g/mol. The number of benzene rings is 1. The number of hydrogen-bond acceptors (Lipinski definition) is 18. The molecule has 28 heteroatoms. The van der Waals surface area contributed by atoms with E-state index in [4.69, 9.17) is 36.4 Å². The van der Waals surface area contributed by atoms with Crippen LogP contribution >= 0.6 is 16.1 Å². The number of nitriles is 1. The molecule has 0 aliphatic carbocycles. The van der Waals surface area contributed by atoms with Crippen molar-refractivity contribution in [1.29, 1.82) is 5.26 Å². The van der Waals surface area contributed by atoms with Crippen molar-refractivity contribution in [3.63, 3.8) is 0 Å². The van der Waals surface area contributed by atoms with Crippen molar-refractivity contribution in [2.75, 3.05) is 25.1 Å². The van der Waals surface area contributed by atoms with Crippen LogP contribution < -0.4 is 10.9 Å². The number of imidazole rings is 1. The third-order valence-corrected chi connectivity index (χ3v) is 24.2. The summed E-state index contributed by atoms with van der Waals surface area (Å²) in [5, 5.41) is 21.8. The van der Waals surface area contributed by atoms with E-state index in [-0.39, 0.29) is 29.0 Å². The molecule has 2 saturated heterocycles. The van der Waals surface area contributed by atoms with Crippen LogP contribution in [0.1, 0.15) is 70.8 Å². The summed E-state index contributed by atoms with van der Waals surface area (Å²) in [7, 11) is -14.5. The van der Waals surface area contributed by atoms with Gasteiger partial charge in [0.05, 0.1) is 45.0 Å². The van der Waals surface area contributed by atoms with Gasteiger partial charge < -0.3 is 47.7 Å². The highest BCUT2D eigenvalue weighted by molar-refractivity contribution is 7.48. The molecule has 71 heavy (non-hydrogen) atoms. The van der Waals surface area contributed by atoms with Crippen LogP contribution in [0.5, 0.6) is 0 Å². The van der Waals surface area contributed by atoms with Crippen LogP contribution in [-0.4, -0.2) is 123 Å². The molecule has 6 heterocycles. The first-order valence-corrected chi connectivity index (χ1v) is 31.2. The highest BCUT2D eigenvalue weighted by atomic mass is 31.2. The maximum Gasteiger partial charge on any atom is 0.475 e. The number of halogens is 1. The van der Waals surface area contributed by atoms with Gasteiger partial charge in [0, 0.05) is 11.8 Å². The summed E-state index contributed by atoms with van der Waals surface area (Å²) in [6, 6.07) is 10.4. The van der Waals surface area contributed by atoms with E-state index in [2.05, 4.69) is 30.2 Å². The number of rotatable bonds is 19. The fraction of sp³-hybridized carbons (Fsp3) is 0.558. The molecule has 2 unspecified atom stereocenters. The van der Waals surface area contributed by atoms with Gasteiger partial charge in [-0.15, -0.1) is 0 Å². The second kappa shape index (κ2) is 21.2. The molecule has 2 fully saturated rings. The standard InChI is InChI=1S/C43H60FN9O14P2Si2/c1-42(2,3)70(7,8)66-32-27(20-54)62-40(52-19-26(44)29-36(52)47-23-49-39(29)56)33(32)65-69(59,60-18-14-17-45)61-21-28-31(64-68(57)58)34(67-71(9,10)43(4,5)6)41(63-28)53-24-50-30-35(46-22-48-37(30)53)51-38(55)25-15-12-11-13-16-25/h11-13,15-16,19,22-24,27-28,31-34,40-41,54,68H,14,18,20-21H2,1-10H3,(H,57,58)(H,47,49,56)(H,46,48,51,55)/t27-,28-,31-,32-,33-,34-,40-,41-,69?/m1/s1. The number of fused-ring (bicyclic) bond motifs is 2. The fourth-order valence-corrected chi connectivity index (χ4v) is 12.1. The monoisotopic (exact) mass is 1060 g/mol. The number of hydrogen-bond donors (Lipinski definition) is 4. The molecule has 2 aliphatic heterocycles. The first-order valence-electron chi connectivity index (χ1n) is 22.7. The van der Waals surface area contributed by atoms with Crippen LogP contribution in [0.15, 0.2) is 60.3 Å². The Labute approximate surface area is 411 Å². The van der Waals surface area contributed by atoms with Gasteiger partial charge >= 0.3 is 16.1 Å². The number of H-pyrrole nitrogens is 1. The zero-order chi connectivity index (χ0) is 51.8. The summed E-state index contributed by atoms with van der Waals surface area (Å²) < 4.78 is 97.0. The maximum absolute atomic E-state index is 15.6. The van der Waals surface area contributed by atoms with Crippen molar-refractivity contribution >= 4 is 66.6 Å². The third-order valence-electron chi connectivity index (χ3n) is 13.3. The van der Waals surface area contributed by atoms with Crippen molar-refractivity contribution in [2.24, 2.45) is 0 Å². The molecular formula is C43H60FN9O14P2Si2. The summed E-state index contributed by atoms with van der Waals surface area (Å²) in [6.45, 7) is 17.8. The molecule has 1 amide bonds. The average molecular weight is 1060 g/mol. The number of phosphoric ester groups is 1. The van der Waals surface area contributed by atoms with Crippen LogP contribution in [0.4, 0.5) is 10.2 Å². The normalized spacial score (nSPS) is 24.6. The summed E-state index contributed by atoms with van der Waals surface area (Å²) in [5.41, 5.74) is -0.253. The maximum atomic E-state index is 15.6. The molecule has 386 valence electrons. The van der Waals surface area contributed by atoms with Gasteiger partial charge in [0.2, 0.25) is 0 Å². The number of nitrogens with one attached hydrogen (secondary N) is 2. The van der Waals surface area contributed by atoms with Crippen LogP contribution in [0.3, 0.4) is 0 Å². The first kappa shape index (κ1) is 54.4. The van der Waals surface area contributed by atoms with E-state index >= 15 is 8.96 Å². The van der Waals surface area contributed by atoms with Crippen molar-refractivity contribution in [1.82, 2.24) is 34.1 Å². The quantitative estimate of drug-likeness (QED) is 0.0378. The lowest BCUT2D eigenvalue weighted by molar-refractivity contribution is -0.0628. The predicted molar refractivity (Wildman–Crippen MR) is 260 cm³/mol. The number of aromatic nitrogens is 7. The van der Waals surface area contributed by atoms with E-state index in [0.29, 0.717) is 5.56 Å². The number of carbonyl (C=O) groups excluding carboxylic acids is 1. The molecule has 0 bridgehead atoms. The Morgan fingerprint density at radius 1 is 0.930 bits per heavy atom. The number of aliphatic hydroxyl groups is 1. The average Bonchev–Trinajstić information content (AvgIpc) is 4.05. The predicted octanol–water partition coefficient (Wildman–Crippen LogP) is 6.73. The van der Waals surface area contributed by atoms with Crippen LogP contribution in [0, 0.1) is 17.1 Å². The zero-order valence-electron chi connectivity index (χ0n) is 40.9. The SMILES string of the molecule is CC(C)(C)[Si](C)(C)O[C@@H]1[C@H](O[PH](=O)O)[C@@H](COP(=O)(OCCC#N)O[C@@H]2[C@H](O[Si](C)(C)C(C)(C)C)[C@@H](CO)O[C@H]2n2cc(F)c3c(=O)[nH]cnc32)O[C@H]1n1cnc2c(NC(=O)c3ccccc3)ncnc21. The molecule has 2 aliphatic rings. The molecule has 0 radical (unpaired) electrons. The van der Waals surface area contributed by atoms with E-state index in [1.54, 1.807) is 30.3 Å². The Balaban J connectivity index is 1.28. The van der Waals surface area contributed by atoms with Gasteiger partial charge in [-0.25, -0.2) is 28.9 Å². The zero-order valence-corrected chi connectivity index (χ0v) is 44.8. The molecule has 0 saturated carbocycles. The number of amides is 1. The van der Waals surface area contributed by atoms with Crippen molar-refractivity contribution in [3.8, 4) is 6.07 Å². The lowest BCUT2D eigenvalue weighted by Crippen LogP contribution is -2.50. The number of aromatic amines is 1. The largest absolute Gasteiger partial charge is 0.475 e. The minimum absolute atomic E-state index is 0.0786. The van der Waals surface area contributed by atoms with Crippen molar-refractivity contribution in [2.45, 2.75) is 133 Å². The third kappa shape index (κ3) is 11.5. The van der Waals surface area contributed by atoms with Gasteiger partial charge in [-0.3, -0.25) is 32.3 Å². The topological polar surface area (TPSA) is 296 Å². The molecule has 23 nitrogen and oxygen atoms in total. The number of carbonyl (C=O) groups is 1. The number of aliphatic hydroxyl groups excluding tert-OH is 1. The molecule has 0 spiro atoms. The molecule has 7 rings (SSSR count). The summed E-state index contributed by atoms with van der Waals surface area (Å²) >= 11 is 0. The molecule has 4 aromatic heterocycles. The van der Waals surface area contributed by atoms with E-state index in [9.17, 15) is 29.4 Å². The fourth-order valence-electron chi connectivity index (χ4n) is 7.57. The summed E-state index contributed by atoms with van der Waals surface area (Å²) in [5.74, 6) is -1.34. The number of ether oxygens (including phenoxy) is 2. The minimum atomic E-state index is -5.02.